The summed E-state index contributed by atoms with van der Waals surface area (Å²) < 4.78 is 4.90. The zero-order valence-electron chi connectivity index (χ0n) is 20.1. The average Bonchev–Trinajstić information content (AvgIpc) is 3.35. The van der Waals surface area contributed by atoms with Crippen LogP contribution in [0.4, 0.5) is 0 Å². The van der Waals surface area contributed by atoms with Crippen LogP contribution < -0.4 is 0 Å². The molecule has 34 heavy (non-hydrogen) atoms. The topological polar surface area (TPSA) is 0 Å². The molecule has 6 rings (SSSR count). The van der Waals surface area contributed by atoms with E-state index in [0.29, 0.717) is 0 Å². The Hall–Kier alpha value is -1.44. The van der Waals surface area contributed by atoms with Gasteiger partial charge >= 0.3 is 198 Å². The Balaban J connectivity index is 0.00000137. The van der Waals surface area contributed by atoms with Gasteiger partial charge in [0.1, 0.15) is 0 Å². The van der Waals surface area contributed by atoms with Crippen LogP contribution in [0.25, 0.3) is 28.1 Å². The minimum Gasteiger partial charge on any atom is -0.147 e. The second-order valence-electron chi connectivity index (χ2n) is 9.73. The van der Waals surface area contributed by atoms with Gasteiger partial charge in [0.15, 0.2) is 0 Å². The largest absolute Gasteiger partial charge is 0.147 e. The smallest absolute Gasteiger partial charge is 0.147 e. The average molecular weight is 582 g/mol. The van der Waals surface area contributed by atoms with Gasteiger partial charge in [-0.15, -0.1) is 24.8 Å². The van der Waals surface area contributed by atoms with Gasteiger partial charge in [-0.25, -0.2) is 0 Å². The fourth-order valence-electron chi connectivity index (χ4n) is 6.50. The zero-order valence-corrected chi connectivity index (χ0v) is 25.6. The first-order chi connectivity index (χ1) is 15.5. The Morgan fingerprint density at radius 2 is 1.06 bits per heavy atom. The van der Waals surface area contributed by atoms with Gasteiger partial charge in [-0.05, 0) is 0 Å². The Labute approximate surface area is 221 Å². The van der Waals surface area contributed by atoms with Crippen LogP contribution in [0.5, 0.6) is 0 Å². The summed E-state index contributed by atoms with van der Waals surface area (Å²) in [7, 11) is 0. The molecule has 0 aromatic heterocycles. The Kier molecular flexibility index (Phi) is 7.20. The van der Waals surface area contributed by atoms with E-state index in [-0.39, 0.29) is 24.8 Å². The molecule has 0 aliphatic heterocycles. The number of benzene rings is 4. The number of allylic oxidation sites excluding steroid dienone is 2. The summed E-state index contributed by atoms with van der Waals surface area (Å²) in [6.45, 7) is 9.75. The zero-order chi connectivity index (χ0) is 22.0. The normalized spacial score (nSPS) is 14.8. The van der Waals surface area contributed by atoms with Crippen molar-refractivity contribution in [2.45, 2.75) is 37.7 Å². The molecule has 4 aromatic rings. The van der Waals surface area contributed by atoms with Gasteiger partial charge in [0, 0.05) is 0 Å². The van der Waals surface area contributed by atoms with Crippen molar-refractivity contribution in [1.29, 1.82) is 0 Å². The first kappa shape index (κ1) is 25.6. The van der Waals surface area contributed by atoms with E-state index in [0.717, 1.165) is 12.8 Å². The summed E-state index contributed by atoms with van der Waals surface area (Å²) in [4.78, 5) is 0. The van der Waals surface area contributed by atoms with E-state index in [1.807, 2.05) is 0 Å². The third kappa shape index (κ3) is 3.65. The molecule has 4 aromatic carbocycles. The van der Waals surface area contributed by atoms with E-state index in [9.17, 15) is 0 Å². The Morgan fingerprint density at radius 1 is 0.647 bits per heavy atom. The molecule has 0 unspecified atom stereocenters. The van der Waals surface area contributed by atoms with Gasteiger partial charge in [-0.3, -0.25) is 0 Å². The molecule has 0 N–H and O–H groups in total. The third-order valence-electron chi connectivity index (χ3n) is 7.92. The van der Waals surface area contributed by atoms with Crippen molar-refractivity contribution in [2.24, 2.45) is 0 Å². The molecule has 0 nitrogen and oxygen atoms in total. The monoisotopic (exact) mass is 579 g/mol. The molecule has 173 valence electrons. The number of hydrogen-bond donors (Lipinski definition) is 0. The number of hydrogen-bond acceptors (Lipinski definition) is 0. The van der Waals surface area contributed by atoms with Crippen LogP contribution in [0.1, 0.15) is 43.0 Å². The minimum atomic E-state index is -2.85. The summed E-state index contributed by atoms with van der Waals surface area (Å²) >= 11 is -2.85. The molecule has 0 saturated heterocycles. The minimum absolute atomic E-state index is 0. The van der Waals surface area contributed by atoms with Crippen LogP contribution in [0.15, 0.2) is 83.9 Å². The first-order valence-electron chi connectivity index (χ1n) is 11.8. The first-order valence-corrected chi connectivity index (χ1v) is 21.9. The van der Waals surface area contributed by atoms with Gasteiger partial charge in [-0.2, -0.15) is 0 Å². The Morgan fingerprint density at radius 3 is 1.47 bits per heavy atom. The maximum Gasteiger partial charge on any atom is -0.147 e. The van der Waals surface area contributed by atoms with Crippen molar-refractivity contribution >= 4 is 59.8 Å². The third-order valence-corrected chi connectivity index (χ3v) is 26.2. The molecule has 0 bridgehead atoms. The van der Waals surface area contributed by atoms with Crippen molar-refractivity contribution in [3.63, 3.8) is 0 Å². The standard InChI is InChI=1S/2C14H11.C2H5.2ClH.H2Si.Zr/c2*1-10-8-12-7-6-11-4-2-3-5-13(11)14(12)9-10;1-2;;;;/h2*2-7H,9H2,1H3;1H2,2H3;2*1H;1H2;. The molecular formula is C30H31Cl2SiZr. The van der Waals surface area contributed by atoms with Gasteiger partial charge in [-0.1, -0.05) is 0 Å². The maximum absolute atomic E-state index is 2.85. The van der Waals surface area contributed by atoms with Crippen molar-refractivity contribution in [3.05, 3.63) is 106 Å². The van der Waals surface area contributed by atoms with Crippen molar-refractivity contribution in [1.82, 2.24) is 0 Å². The SMILES string of the molecule is C[CH2][Zr](=[SiH2])([C]1=C(C)Cc2c1ccc1ccccc21)[C]1=C(C)Cc2c1ccc1ccccc21.Cl.Cl. The molecule has 2 aliphatic carbocycles. The predicted octanol–water partition coefficient (Wildman–Crippen LogP) is 8.25. The molecule has 0 fully saturated rings. The van der Waals surface area contributed by atoms with Gasteiger partial charge in [0.05, 0.1) is 0 Å². The van der Waals surface area contributed by atoms with Crippen molar-refractivity contribution in [2.75, 3.05) is 0 Å². The number of halogens is 2. The summed E-state index contributed by atoms with van der Waals surface area (Å²) in [5.74, 6) is 0. The van der Waals surface area contributed by atoms with E-state index in [4.69, 9.17) is 0 Å². The second kappa shape index (κ2) is 9.55. The quantitative estimate of drug-likeness (QED) is 0.214. The van der Waals surface area contributed by atoms with E-state index in [1.165, 1.54) is 25.7 Å². The summed E-state index contributed by atoms with van der Waals surface area (Å²) in [6, 6.07) is 27.5. The molecule has 0 spiro atoms. The summed E-state index contributed by atoms with van der Waals surface area (Å²) in [5, 5.41) is 5.67. The van der Waals surface area contributed by atoms with Crippen LogP contribution in [-0.2, 0) is 31.7 Å². The van der Waals surface area contributed by atoms with Gasteiger partial charge in [0.25, 0.3) is 0 Å². The van der Waals surface area contributed by atoms with Crippen LogP contribution in [0.3, 0.4) is 0 Å². The van der Waals surface area contributed by atoms with E-state index in [1.54, 1.807) is 40.0 Å². The van der Waals surface area contributed by atoms with Crippen LogP contribution >= 0.6 is 24.8 Å². The molecule has 4 heteroatoms. The van der Waals surface area contributed by atoms with Crippen LogP contribution in [0, 0.1) is 0 Å². The Bertz CT molecular complexity index is 1450. The van der Waals surface area contributed by atoms with E-state index >= 15 is 0 Å². The number of fused-ring (bicyclic) bond motifs is 6. The number of rotatable bonds is 3. The fraction of sp³-hybridized carbons (Fsp3) is 0.200. The molecular weight excluding hydrogens is 551 g/mol. The van der Waals surface area contributed by atoms with Crippen LogP contribution in [0.2, 0.25) is 4.13 Å². The van der Waals surface area contributed by atoms with E-state index in [2.05, 4.69) is 100 Å². The molecule has 0 atom stereocenters. The fourth-order valence-corrected chi connectivity index (χ4v) is 22.8. The van der Waals surface area contributed by atoms with Crippen LogP contribution in [-0.4, -0.2) is 6.88 Å². The predicted molar refractivity (Wildman–Crippen MR) is 154 cm³/mol. The maximum atomic E-state index is 2.47. The molecule has 0 saturated carbocycles. The summed E-state index contributed by atoms with van der Waals surface area (Å²) in [5.41, 5.74) is 9.57. The van der Waals surface area contributed by atoms with Gasteiger partial charge < -0.3 is 0 Å². The van der Waals surface area contributed by atoms with E-state index < -0.39 is 18.9 Å². The van der Waals surface area contributed by atoms with Crippen molar-refractivity contribution < 1.29 is 18.9 Å². The summed E-state index contributed by atoms with van der Waals surface area (Å²) in [6.07, 6.45) is 2.25. The molecule has 0 amide bonds. The van der Waals surface area contributed by atoms with Gasteiger partial charge in [0.2, 0.25) is 0 Å². The molecule has 0 radical (unpaired) electrons. The molecule has 2 aliphatic rings. The van der Waals surface area contributed by atoms with Crippen molar-refractivity contribution in [3.8, 4) is 0 Å². The molecule has 0 heterocycles. The second-order valence-corrected chi connectivity index (χ2v) is 26.4.